The van der Waals surface area contributed by atoms with Gasteiger partial charge in [-0.1, -0.05) is 48.6 Å². The van der Waals surface area contributed by atoms with E-state index in [9.17, 15) is 24.9 Å². The number of carbonyl (C=O) groups excluding carboxylic acids is 2. The van der Waals surface area contributed by atoms with E-state index in [1.54, 1.807) is 18.2 Å². The number of carbonyl (C=O) groups is 2. The van der Waals surface area contributed by atoms with Crippen molar-refractivity contribution in [2.24, 2.45) is 17.8 Å². The van der Waals surface area contributed by atoms with E-state index in [-0.39, 0.29) is 42.1 Å². The summed E-state index contributed by atoms with van der Waals surface area (Å²) < 4.78 is 10.8. The highest BCUT2D eigenvalue weighted by atomic mass is 16.5. The Labute approximate surface area is 267 Å². The first-order valence-electron chi connectivity index (χ1n) is 15.9. The normalized spacial score (nSPS) is 20.0. The Morgan fingerprint density at radius 1 is 0.956 bits per heavy atom. The minimum absolute atomic E-state index is 0.0635. The van der Waals surface area contributed by atoms with Crippen LogP contribution in [0.25, 0.3) is 0 Å². The third-order valence-corrected chi connectivity index (χ3v) is 8.35. The molecule has 1 aliphatic carbocycles. The monoisotopic (exact) mass is 614 g/mol. The van der Waals surface area contributed by atoms with Gasteiger partial charge in [-0.25, -0.2) is 4.79 Å². The number of esters is 2. The molecule has 0 radical (unpaired) electrons. The topological polar surface area (TPSA) is 113 Å². The van der Waals surface area contributed by atoms with Crippen LogP contribution in [0.5, 0.6) is 5.75 Å². The maximum Gasteiger partial charge on any atom is 0.338 e. The van der Waals surface area contributed by atoms with Crippen LogP contribution in [0.3, 0.4) is 0 Å². The molecule has 1 unspecified atom stereocenters. The summed E-state index contributed by atoms with van der Waals surface area (Å²) in [4.78, 5) is 24.8. The van der Waals surface area contributed by atoms with E-state index >= 15 is 0 Å². The van der Waals surface area contributed by atoms with Crippen LogP contribution in [0.1, 0.15) is 80.1 Å². The van der Waals surface area contributed by atoms with Crippen molar-refractivity contribution in [3.63, 3.8) is 0 Å². The number of allylic oxidation sites excluding steroid dienone is 2. The van der Waals surface area contributed by atoms with Crippen LogP contribution >= 0.6 is 0 Å². The molecule has 3 rings (SSSR count). The van der Waals surface area contributed by atoms with Gasteiger partial charge in [0.05, 0.1) is 30.5 Å². The average Bonchev–Trinajstić information content (AvgIpc) is 3.31. The van der Waals surface area contributed by atoms with Crippen molar-refractivity contribution in [2.45, 2.75) is 88.9 Å². The Morgan fingerprint density at radius 3 is 2.42 bits per heavy atom. The summed E-state index contributed by atoms with van der Waals surface area (Å²) in [7, 11) is 0. The van der Waals surface area contributed by atoms with Gasteiger partial charge in [-0.3, -0.25) is 4.79 Å². The first kappa shape index (κ1) is 35.6. The lowest BCUT2D eigenvalue weighted by atomic mass is 9.85. The zero-order valence-corrected chi connectivity index (χ0v) is 25.9. The summed E-state index contributed by atoms with van der Waals surface area (Å²) >= 11 is 0. The van der Waals surface area contributed by atoms with Gasteiger partial charge in [0.1, 0.15) is 5.75 Å². The van der Waals surface area contributed by atoms with E-state index < -0.39 is 30.3 Å². The van der Waals surface area contributed by atoms with Crippen LogP contribution < -0.4 is 4.74 Å². The number of hydrogen-bond acceptors (Lipinski definition) is 7. The number of terminal acetylenes is 2. The van der Waals surface area contributed by atoms with Crippen molar-refractivity contribution in [3.05, 3.63) is 77.9 Å². The zero-order chi connectivity index (χ0) is 32.4. The second kappa shape index (κ2) is 19.5. The van der Waals surface area contributed by atoms with Gasteiger partial charge in [0, 0.05) is 25.2 Å². The zero-order valence-electron chi connectivity index (χ0n) is 25.9. The molecule has 1 fully saturated rings. The van der Waals surface area contributed by atoms with Crippen LogP contribution in [0.15, 0.2) is 66.7 Å². The Kier molecular flexibility index (Phi) is 15.4. The molecule has 2 aromatic carbocycles. The van der Waals surface area contributed by atoms with E-state index in [4.69, 9.17) is 22.3 Å². The fraction of sp³-hybridized carbons (Fsp3) is 0.474. The number of aliphatic hydroxyl groups excluding tert-OH is 3. The molecular weight excluding hydrogens is 568 g/mol. The third kappa shape index (κ3) is 12.6. The van der Waals surface area contributed by atoms with Crippen molar-refractivity contribution in [1.82, 2.24) is 0 Å². The highest BCUT2D eigenvalue weighted by molar-refractivity contribution is 5.90. The van der Waals surface area contributed by atoms with E-state index in [0.29, 0.717) is 57.8 Å². The van der Waals surface area contributed by atoms with E-state index in [0.717, 1.165) is 6.42 Å². The highest BCUT2D eigenvalue weighted by Crippen LogP contribution is 2.38. The van der Waals surface area contributed by atoms with Crippen molar-refractivity contribution >= 4 is 11.9 Å². The predicted octanol–water partition coefficient (Wildman–Crippen LogP) is 5.66. The summed E-state index contributed by atoms with van der Waals surface area (Å²) in [5, 5.41) is 31.6. The third-order valence-electron chi connectivity index (χ3n) is 8.35. The molecule has 3 N–H and O–H groups in total. The van der Waals surface area contributed by atoms with Crippen molar-refractivity contribution in [3.8, 4) is 30.4 Å². The Bertz CT molecular complexity index is 1290. The standard InChI is InChI=1S/C38H46O7/c1-3-13-29(14-4-2)27-44-38(43)30-17-12-18-32(25-30)45-37(42)20-11-6-5-10-19-33-34(36(41)26-35(33)40)24-23-31(39)22-21-28-15-8-7-9-16-28/h1-2,5,7-10,12,15-18,25,29,31,33-36,39-41H,6,11,13-14,19-24,26-27H2/b10-5-/t31?,33-,34-,35+,36-/m1/s1. The predicted molar refractivity (Wildman–Crippen MR) is 174 cm³/mol. The quantitative estimate of drug-likeness (QED) is 0.0653. The number of aliphatic hydroxyl groups is 3. The lowest BCUT2D eigenvalue weighted by molar-refractivity contribution is -0.134. The molecule has 1 aliphatic rings. The maximum absolute atomic E-state index is 12.4. The van der Waals surface area contributed by atoms with Gasteiger partial charge in [-0.05, 0) is 87.0 Å². The summed E-state index contributed by atoms with van der Waals surface area (Å²) in [5.74, 6) is 4.14. The van der Waals surface area contributed by atoms with Gasteiger partial charge in [-0.2, -0.15) is 0 Å². The largest absolute Gasteiger partial charge is 0.462 e. The molecule has 2 aromatic rings. The van der Waals surface area contributed by atoms with Gasteiger partial charge in [0.2, 0.25) is 0 Å². The molecule has 0 bridgehead atoms. The van der Waals surface area contributed by atoms with Crippen LogP contribution in [-0.2, 0) is 16.0 Å². The Morgan fingerprint density at radius 2 is 1.69 bits per heavy atom. The van der Waals surface area contributed by atoms with Crippen molar-refractivity contribution in [2.75, 3.05) is 6.61 Å². The fourth-order valence-electron chi connectivity index (χ4n) is 5.82. The van der Waals surface area contributed by atoms with Gasteiger partial charge < -0.3 is 24.8 Å². The van der Waals surface area contributed by atoms with Crippen molar-refractivity contribution in [1.29, 1.82) is 0 Å². The van der Waals surface area contributed by atoms with E-state index in [2.05, 4.69) is 24.0 Å². The smallest absolute Gasteiger partial charge is 0.338 e. The van der Waals surface area contributed by atoms with Crippen LogP contribution in [0, 0.1) is 42.4 Å². The van der Waals surface area contributed by atoms with Gasteiger partial charge in [-0.15, -0.1) is 24.7 Å². The molecule has 7 nitrogen and oxygen atoms in total. The molecule has 7 heteroatoms. The minimum Gasteiger partial charge on any atom is -0.462 e. The van der Waals surface area contributed by atoms with E-state index in [1.807, 2.05) is 30.4 Å². The molecule has 0 aromatic heterocycles. The second-order valence-corrected chi connectivity index (χ2v) is 11.8. The average molecular weight is 615 g/mol. The summed E-state index contributed by atoms with van der Waals surface area (Å²) in [6.45, 7) is 0.115. The van der Waals surface area contributed by atoms with E-state index in [1.165, 1.54) is 11.6 Å². The first-order valence-corrected chi connectivity index (χ1v) is 15.9. The number of aryl methyl sites for hydroxylation is 1. The number of rotatable bonds is 18. The summed E-state index contributed by atoms with van der Waals surface area (Å²) in [6, 6.07) is 16.3. The van der Waals surface area contributed by atoms with Crippen LogP contribution in [-0.4, -0.2) is 52.2 Å². The molecule has 5 atom stereocenters. The highest BCUT2D eigenvalue weighted by Gasteiger charge is 2.40. The molecule has 1 saturated carbocycles. The number of benzene rings is 2. The van der Waals surface area contributed by atoms with Crippen molar-refractivity contribution < 1.29 is 34.4 Å². The number of hydrogen-bond donors (Lipinski definition) is 3. The number of ether oxygens (including phenoxy) is 2. The molecule has 0 aliphatic heterocycles. The molecule has 45 heavy (non-hydrogen) atoms. The maximum atomic E-state index is 12.4. The lowest BCUT2D eigenvalue weighted by Gasteiger charge is -2.23. The SMILES string of the molecule is C#CCC(CC#C)COC(=O)c1cccc(OC(=O)CCC/C=C\C[C@@H]2[C@@H](CCC(O)CCc3ccccc3)[C@H](O)C[C@@H]2O)c1. The number of unbranched alkanes of at least 4 members (excludes halogenated alkanes) is 1. The fourth-order valence-corrected chi connectivity index (χ4v) is 5.82. The van der Waals surface area contributed by atoms with Crippen LogP contribution in [0.4, 0.5) is 0 Å². The summed E-state index contributed by atoms with van der Waals surface area (Å²) in [6.07, 6.45) is 19.1. The summed E-state index contributed by atoms with van der Waals surface area (Å²) in [5.41, 5.74) is 1.46. The van der Waals surface area contributed by atoms with Gasteiger partial charge in [0.25, 0.3) is 0 Å². The molecule has 0 spiro atoms. The molecular formula is C38H46O7. The van der Waals surface area contributed by atoms with Gasteiger partial charge in [0.15, 0.2) is 0 Å². The lowest BCUT2D eigenvalue weighted by Crippen LogP contribution is -2.23. The molecule has 0 saturated heterocycles. The van der Waals surface area contributed by atoms with Crippen LogP contribution in [0.2, 0.25) is 0 Å². The first-order chi connectivity index (χ1) is 21.8. The molecule has 240 valence electrons. The Balaban J connectivity index is 1.36. The molecule has 0 amide bonds. The van der Waals surface area contributed by atoms with Gasteiger partial charge >= 0.3 is 11.9 Å². The minimum atomic E-state index is -0.577. The molecule has 0 heterocycles. The Hall–Kier alpha value is -3.88. The second-order valence-electron chi connectivity index (χ2n) is 11.8.